The monoisotopic (exact) mass is 1040 g/mol. The highest BCUT2D eigenvalue weighted by molar-refractivity contribution is 5.76. The van der Waals surface area contributed by atoms with E-state index in [1.165, 1.54) is 205 Å². The first kappa shape index (κ1) is 72.0. The lowest BCUT2D eigenvalue weighted by molar-refractivity contribution is -0.123. The molecule has 1 amide bonds. The van der Waals surface area contributed by atoms with Crippen LogP contribution in [0.3, 0.4) is 0 Å². The van der Waals surface area contributed by atoms with Gasteiger partial charge in [0, 0.05) is 6.42 Å². The number of aliphatic hydroxyl groups excluding tert-OH is 2. The third-order valence-corrected chi connectivity index (χ3v) is 14.5. The Kier molecular flexibility index (Phi) is 62.8. The van der Waals surface area contributed by atoms with E-state index in [1.807, 2.05) is 0 Å². The van der Waals surface area contributed by atoms with Crippen LogP contribution in [0.2, 0.25) is 0 Å². The second-order valence-corrected chi connectivity index (χ2v) is 21.8. The number of carbonyl (C=O) groups excluding carboxylic acids is 1. The summed E-state index contributed by atoms with van der Waals surface area (Å²) in [4.78, 5) is 12.5. The van der Waals surface area contributed by atoms with Crippen LogP contribution < -0.4 is 5.32 Å². The average Bonchev–Trinajstić information content (AvgIpc) is 3.41. The maximum atomic E-state index is 12.5. The van der Waals surface area contributed by atoms with E-state index in [9.17, 15) is 15.0 Å². The van der Waals surface area contributed by atoms with Gasteiger partial charge in [-0.25, -0.2) is 0 Å². The molecule has 0 fully saturated rings. The zero-order valence-electron chi connectivity index (χ0n) is 49.8. The van der Waals surface area contributed by atoms with Gasteiger partial charge in [-0.05, 0) is 83.5 Å². The number of hydrogen-bond acceptors (Lipinski definition) is 3. The molecule has 0 saturated heterocycles. The van der Waals surface area contributed by atoms with Crippen molar-refractivity contribution >= 4 is 5.91 Å². The minimum Gasteiger partial charge on any atom is -0.394 e. The van der Waals surface area contributed by atoms with Gasteiger partial charge in [0.15, 0.2) is 0 Å². The van der Waals surface area contributed by atoms with Gasteiger partial charge in [0.05, 0.1) is 18.8 Å². The molecule has 0 aromatic heterocycles. The fourth-order valence-corrected chi connectivity index (χ4v) is 9.65. The van der Waals surface area contributed by atoms with Gasteiger partial charge in [-0.2, -0.15) is 0 Å². The first-order chi connectivity index (χ1) is 37.2. The zero-order chi connectivity index (χ0) is 54.1. The van der Waals surface area contributed by atoms with E-state index in [1.54, 1.807) is 0 Å². The topological polar surface area (TPSA) is 69.6 Å². The fraction of sp³-hybridized carbons (Fsp3) is 0.732. The summed E-state index contributed by atoms with van der Waals surface area (Å²) in [5.74, 6) is -0.0382. The van der Waals surface area contributed by atoms with Crippen molar-refractivity contribution in [2.24, 2.45) is 0 Å². The predicted octanol–water partition coefficient (Wildman–Crippen LogP) is 22.2. The molecule has 0 aromatic rings. The molecule has 0 bridgehead atoms. The lowest BCUT2D eigenvalue weighted by Crippen LogP contribution is -2.45. The highest BCUT2D eigenvalue weighted by Crippen LogP contribution is 2.18. The summed E-state index contributed by atoms with van der Waals surface area (Å²) >= 11 is 0. The first-order valence-corrected chi connectivity index (χ1v) is 32.6. The van der Waals surface area contributed by atoms with Crippen LogP contribution in [0.4, 0.5) is 0 Å². The Bertz CT molecular complexity index is 1410. The molecule has 0 rings (SSSR count). The Labute approximate surface area is 467 Å². The predicted molar refractivity (Wildman–Crippen MR) is 336 cm³/mol. The highest BCUT2D eigenvalue weighted by atomic mass is 16.3. The zero-order valence-corrected chi connectivity index (χ0v) is 49.8. The van der Waals surface area contributed by atoms with Crippen LogP contribution in [0.5, 0.6) is 0 Å². The van der Waals surface area contributed by atoms with Gasteiger partial charge in [0.25, 0.3) is 0 Å². The lowest BCUT2D eigenvalue weighted by atomic mass is 10.0. The fourth-order valence-electron chi connectivity index (χ4n) is 9.65. The lowest BCUT2D eigenvalue weighted by Gasteiger charge is -2.22. The molecule has 0 radical (unpaired) electrons. The van der Waals surface area contributed by atoms with Crippen LogP contribution in [-0.4, -0.2) is 34.9 Å². The van der Waals surface area contributed by atoms with Gasteiger partial charge in [0.2, 0.25) is 5.91 Å². The van der Waals surface area contributed by atoms with Gasteiger partial charge in [0.1, 0.15) is 0 Å². The standard InChI is InChI=1S/C71H125NO3/c1-3-5-7-9-11-13-15-17-19-21-23-25-27-29-31-32-33-34-35-36-37-38-39-40-41-43-45-47-49-51-53-55-57-59-61-63-65-67-71(75)72-69(68-73)70(74)66-64-62-60-58-56-54-52-50-48-46-44-42-30-28-26-24-22-20-18-16-14-12-10-8-6-4-2/h5,7,11,13,17,19,23,25,29,31,33-34,36-37,39-40,43,45,69-70,73-74H,3-4,6,8-10,12,14-16,18,20-22,24,26-28,30,32,35,38,41-42,44,46-68H2,1-2H3,(H,72,75)/b7-5-,13-11-,19-17-,25-23-,31-29-,34-33-,37-36-,40-39-,45-43-. The summed E-state index contributed by atoms with van der Waals surface area (Å²) < 4.78 is 0. The Morgan fingerprint density at radius 2 is 0.587 bits per heavy atom. The molecule has 2 atom stereocenters. The third kappa shape index (κ3) is 61.8. The van der Waals surface area contributed by atoms with E-state index in [0.29, 0.717) is 12.8 Å². The van der Waals surface area contributed by atoms with Crippen molar-refractivity contribution in [3.05, 3.63) is 109 Å². The maximum absolute atomic E-state index is 12.5. The van der Waals surface area contributed by atoms with E-state index in [-0.39, 0.29) is 12.5 Å². The molecule has 4 heteroatoms. The second-order valence-electron chi connectivity index (χ2n) is 21.8. The molecular formula is C71H125NO3. The minimum atomic E-state index is -0.671. The average molecular weight is 1040 g/mol. The van der Waals surface area contributed by atoms with E-state index in [4.69, 9.17) is 0 Å². The summed E-state index contributed by atoms with van der Waals surface area (Å²) in [7, 11) is 0. The molecule has 75 heavy (non-hydrogen) atoms. The van der Waals surface area contributed by atoms with Crippen molar-refractivity contribution in [2.45, 2.75) is 328 Å². The van der Waals surface area contributed by atoms with E-state index < -0.39 is 12.1 Å². The van der Waals surface area contributed by atoms with Crippen LogP contribution >= 0.6 is 0 Å². The van der Waals surface area contributed by atoms with Gasteiger partial charge < -0.3 is 15.5 Å². The number of hydrogen-bond donors (Lipinski definition) is 3. The Morgan fingerprint density at radius 3 is 0.880 bits per heavy atom. The van der Waals surface area contributed by atoms with Crippen molar-refractivity contribution in [3.63, 3.8) is 0 Å². The summed E-state index contributed by atoms with van der Waals surface area (Å²) in [6, 6.07) is -0.548. The van der Waals surface area contributed by atoms with Gasteiger partial charge in [-0.3, -0.25) is 4.79 Å². The van der Waals surface area contributed by atoms with Gasteiger partial charge >= 0.3 is 0 Å². The van der Waals surface area contributed by atoms with E-state index >= 15 is 0 Å². The number of rotatable bonds is 59. The van der Waals surface area contributed by atoms with Crippen molar-refractivity contribution < 1.29 is 15.0 Å². The molecule has 0 aliphatic carbocycles. The number of amides is 1. The molecule has 0 aliphatic rings. The van der Waals surface area contributed by atoms with Crippen LogP contribution in [0.1, 0.15) is 316 Å². The SMILES string of the molecule is CC/C=C\C/C=C\C/C=C\C/C=C\C/C=C\C/C=C\C/C=C\C/C=C\C/C=C\CCCCCCCCCCCC(=O)NC(CO)C(O)CCCCCCCCCCCCCCCCCCCCCCCCCCCC. The number of allylic oxidation sites excluding steroid dienone is 18. The molecular weight excluding hydrogens is 915 g/mol. The first-order valence-electron chi connectivity index (χ1n) is 32.6. The van der Waals surface area contributed by atoms with Crippen molar-refractivity contribution in [3.8, 4) is 0 Å². The Balaban J connectivity index is 3.54. The number of unbranched alkanes of at least 4 members (excludes halogenated alkanes) is 34. The third-order valence-electron chi connectivity index (χ3n) is 14.5. The van der Waals surface area contributed by atoms with Crippen LogP contribution in [0.25, 0.3) is 0 Å². The number of aliphatic hydroxyl groups is 2. The van der Waals surface area contributed by atoms with E-state index in [0.717, 1.165) is 83.5 Å². The van der Waals surface area contributed by atoms with Crippen LogP contribution in [0, 0.1) is 0 Å². The molecule has 0 heterocycles. The molecule has 4 nitrogen and oxygen atoms in total. The summed E-state index contributed by atoms with van der Waals surface area (Å²) in [5, 5.41) is 23.4. The summed E-state index contributed by atoms with van der Waals surface area (Å²) in [6.07, 6.45) is 98.2. The van der Waals surface area contributed by atoms with Gasteiger partial charge in [-0.15, -0.1) is 0 Å². The summed E-state index contributed by atoms with van der Waals surface area (Å²) in [5.41, 5.74) is 0. The minimum absolute atomic E-state index is 0.0382. The van der Waals surface area contributed by atoms with Crippen molar-refractivity contribution in [2.75, 3.05) is 6.61 Å². The summed E-state index contributed by atoms with van der Waals surface area (Å²) in [6.45, 7) is 4.26. The molecule has 432 valence electrons. The molecule has 3 N–H and O–H groups in total. The largest absolute Gasteiger partial charge is 0.394 e. The second kappa shape index (κ2) is 65.3. The normalized spacial score (nSPS) is 13.5. The van der Waals surface area contributed by atoms with E-state index in [2.05, 4.69) is 129 Å². The molecule has 0 saturated carbocycles. The number of carbonyl (C=O) groups is 1. The van der Waals surface area contributed by atoms with Crippen molar-refractivity contribution in [1.29, 1.82) is 0 Å². The Morgan fingerprint density at radius 1 is 0.333 bits per heavy atom. The Hall–Kier alpha value is -2.95. The van der Waals surface area contributed by atoms with Crippen LogP contribution in [0.15, 0.2) is 109 Å². The van der Waals surface area contributed by atoms with Crippen LogP contribution in [-0.2, 0) is 4.79 Å². The highest BCUT2D eigenvalue weighted by Gasteiger charge is 2.20. The van der Waals surface area contributed by atoms with Gasteiger partial charge in [-0.1, -0.05) is 335 Å². The number of nitrogens with one attached hydrogen (secondary N) is 1. The molecule has 2 unspecified atom stereocenters. The smallest absolute Gasteiger partial charge is 0.220 e. The quantitative estimate of drug-likeness (QED) is 0.0420. The molecule has 0 aromatic carbocycles. The molecule has 0 spiro atoms. The maximum Gasteiger partial charge on any atom is 0.220 e. The van der Waals surface area contributed by atoms with Crippen molar-refractivity contribution in [1.82, 2.24) is 5.32 Å². The molecule has 0 aliphatic heterocycles.